The number of rotatable bonds is 3. The molecule has 2 N–H and O–H groups in total. The molecule has 1 aromatic carbocycles. The van der Waals surface area contributed by atoms with Crippen molar-refractivity contribution in [2.45, 2.75) is 13.3 Å². The van der Waals surface area contributed by atoms with Gasteiger partial charge in [0.25, 0.3) is 0 Å². The first-order chi connectivity index (χ1) is 9.72. The molecule has 2 aromatic heterocycles. The smallest absolute Gasteiger partial charge is 0.130 e. The van der Waals surface area contributed by atoms with Crippen LogP contribution in [0.3, 0.4) is 0 Å². The second-order valence-corrected chi connectivity index (χ2v) is 5.67. The first-order valence-corrected chi connectivity index (χ1v) is 7.55. The van der Waals surface area contributed by atoms with Gasteiger partial charge in [0.1, 0.15) is 11.5 Å². The number of nitrogen functional groups attached to an aromatic ring is 1. The first-order valence-electron chi connectivity index (χ1n) is 6.67. The molecule has 0 fully saturated rings. The minimum Gasteiger partial charge on any atom is -0.383 e. The number of hydrogen-bond donors (Lipinski definition) is 1. The molecule has 0 spiro atoms. The fourth-order valence-corrected chi connectivity index (χ4v) is 3.23. The standard InChI is InChI=1S/C16H17N3S/c1-3-11-7-4-5-8-12(11)15-14(13-9-6-10-20-13)16(17)19(2)18-15/h4-10H,3,17H2,1-2H3. The molecule has 4 heteroatoms. The van der Waals surface area contributed by atoms with Crippen LogP contribution in [0.15, 0.2) is 41.8 Å². The SMILES string of the molecule is CCc1ccccc1-c1nn(C)c(N)c1-c1cccs1. The van der Waals surface area contributed by atoms with Crippen LogP contribution in [0, 0.1) is 0 Å². The van der Waals surface area contributed by atoms with Crippen molar-refractivity contribution in [1.29, 1.82) is 0 Å². The number of anilines is 1. The summed E-state index contributed by atoms with van der Waals surface area (Å²) in [5.74, 6) is 0.716. The van der Waals surface area contributed by atoms with Crippen LogP contribution in [0.25, 0.3) is 21.7 Å². The average molecular weight is 283 g/mol. The second-order valence-electron chi connectivity index (χ2n) is 4.72. The normalized spacial score (nSPS) is 10.9. The molecule has 3 aromatic rings. The molecule has 0 aliphatic rings. The van der Waals surface area contributed by atoms with Gasteiger partial charge in [-0.15, -0.1) is 11.3 Å². The van der Waals surface area contributed by atoms with E-state index >= 15 is 0 Å². The van der Waals surface area contributed by atoms with Crippen molar-refractivity contribution in [3.8, 4) is 21.7 Å². The lowest BCUT2D eigenvalue weighted by Crippen LogP contribution is -1.97. The van der Waals surface area contributed by atoms with E-state index in [2.05, 4.69) is 47.7 Å². The van der Waals surface area contributed by atoms with Crippen LogP contribution in [-0.4, -0.2) is 9.78 Å². The van der Waals surface area contributed by atoms with E-state index in [1.165, 1.54) is 11.1 Å². The lowest BCUT2D eigenvalue weighted by atomic mass is 9.99. The molecule has 0 radical (unpaired) electrons. The monoisotopic (exact) mass is 283 g/mol. The predicted octanol–water partition coefficient (Wildman–Crippen LogP) is 3.96. The van der Waals surface area contributed by atoms with Gasteiger partial charge >= 0.3 is 0 Å². The van der Waals surface area contributed by atoms with Crippen LogP contribution in [0.1, 0.15) is 12.5 Å². The number of benzene rings is 1. The Labute approximate surface area is 122 Å². The third-order valence-electron chi connectivity index (χ3n) is 3.51. The number of thiophene rings is 1. The fourth-order valence-electron chi connectivity index (χ4n) is 2.45. The first kappa shape index (κ1) is 12.9. The third kappa shape index (κ3) is 2.02. The Morgan fingerprint density at radius 1 is 1.20 bits per heavy atom. The lowest BCUT2D eigenvalue weighted by molar-refractivity contribution is 0.782. The van der Waals surface area contributed by atoms with Gasteiger partial charge in [-0.25, -0.2) is 0 Å². The van der Waals surface area contributed by atoms with Gasteiger partial charge in [-0.3, -0.25) is 4.68 Å². The molecule has 0 saturated carbocycles. The zero-order valence-electron chi connectivity index (χ0n) is 11.6. The molecule has 0 bridgehead atoms. The van der Waals surface area contributed by atoms with E-state index in [-0.39, 0.29) is 0 Å². The van der Waals surface area contributed by atoms with Crippen LogP contribution < -0.4 is 5.73 Å². The van der Waals surface area contributed by atoms with Crippen LogP contribution in [0.4, 0.5) is 5.82 Å². The molecule has 0 unspecified atom stereocenters. The zero-order chi connectivity index (χ0) is 14.1. The second kappa shape index (κ2) is 5.13. The maximum absolute atomic E-state index is 6.23. The summed E-state index contributed by atoms with van der Waals surface area (Å²) >= 11 is 1.69. The summed E-state index contributed by atoms with van der Waals surface area (Å²) in [6, 6.07) is 12.5. The number of nitrogens with zero attached hydrogens (tertiary/aromatic N) is 2. The van der Waals surface area contributed by atoms with E-state index in [1.54, 1.807) is 16.0 Å². The van der Waals surface area contributed by atoms with Crippen molar-refractivity contribution < 1.29 is 0 Å². The van der Waals surface area contributed by atoms with Crippen molar-refractivity contribution in [1.82, 2.24) is 9.78 Å². The Morgan fingerprint density at radius 3 is 2.70 bits per heavy atom. The highest BCUT2D eigenvalue weighted by Gasteiger charge is 2.19. The molecule has 2 heterocycles. The summed E-state index contributed by atoms with van der Waals surface area (Å²) in [7, 11) is 1.89. The molecule has 0 aliphatic heterocycles. The molecule has 102 valence electrons. The minimum atomic E-state index is 0.716. The maximum atomic E-state index is 6.23. The van der Waals surface area contributed by atoms with E-state index in [0.29, 0.717) is 5.82 Å². The Balaban J connectivity index is 2.27. The minimum absolute atomic E-state index is 0.716. The summed E-state index contributed by atoms with van der Waals surface area (Å²) in [5, 5.41) is 6.71. The van der Waals surface area contributed by atoms with E-state index in [9.17, 15) is 0 Å². The van der Waals surface area contributed by atoms with Gasteiger partial charge in [-0.2, -0.15) is 5.10 Å². The molecule has 0 aliphatic carbocycles. The van der Waals surface area contributed by atoms with Crippen molar-refractivity contribution in [3.05, 3.63) is 47.3 Å². The fraction of sp³-hybridized carbons (Fsp3) is 0.188. The summed E-state index contributed by atoms with van der Waals surface area (Å²) in [6.45, 7) is 2.16. The van der Waals surface area contributed by atoms with Crippen LogP contribution in [0.2, 0.25) is 0 Å². The van der Waals surface area contributed by atoms with Crippen molar-refractivity contribution in [2.24, 2.45) is 7.05 Å². The van der Waals surface area contributed by atoms with E-state index in [1.807, 2.05) is 13.1 Å². The quantitative estimate of drug-likeness (QED) is 0.790. The largest absolute Gasteiger partial charge is 0.383 e. The molecule has 0 amide bonds. The highest BCUT2D eigenvalue weighted by molar-refractivity contribution is 7.13. The topological polar surface area (TPSA) is 43.8 Å². The maximum Gasteiger partial charge on any atom is 0.130 e. The summed E-state index contributed by atoms with van der Waals surface area (Å²) in [6.07, 6.45) is 0.983. The Kier molecular flexibility index (Phi) is 3.32. The van der Waals surface area contributed by atoms with Crippen molar-refractivity contribution >= 4 is 17.2 Å². The van der Waals surface area contributed by atoms with Crippen LogP contribution >= 0.6 is 11.3 Å². The van der Waals surface area contributed by atoms with E-state index < -0.39 is 0 Å². The Hall–Kier alpha value is -2.07. The highest BCUT2D eigenvalue weighted by atomic mass is 32.1. The van der Waals surface area contributed by atoms with E-state index in [0.717, 1.165) is 22.6 Å². The molecule has 20 heavy (non-hydrogen) atoms. The lowest BCUT2D eigenvalue weighted by Gasteiger charge is -2.07. The molecule has 3 nitrogen and oxygen atoms in total. The third-order valence-corrected chi connectivity index (χ3v) is 4.40. The predicted molar refractivity (Wildman–Crippen MR) is 85.7 cm³/mol. The van der Waals surface area contributed by atoms with Crippen LogP contribution in [0.5, 0.6) is 0 Å². The Bertz CT molecular complexity index is 726. The number of aryl methyl sites for hydroxylation is 2. The molecular weight excluding hydrogens is 266 g/mol. The number of aromatic nitrogens is 2. The molecule has 0 saturated heterocycles. The van der Waals surface area contributed by atoms with Gasteiger partial charge in [0, 0.05) is 17.5 Å². The van der Waals surface area contributed by atoms with Crippen molar-refractivity contribution in [3.63, 3.8) is 0 Å². The average Bonchev–Trinajstić information content (AvgIpc) is 3.08. The Morgan fingerprint density at radius 2 is 2.00 bits per heavy atom. The summed E-state index contributed by atoms with van der Waals surface area (Å²) in [5.41, 5.74) is 10.7. The van der Waals surface area contributed by atoms with Gasteiger partial charge in [0.15, 0.2) is 0 Å². The van der Waals surface area contributed by atoms with Gasteiger partial charge in [-0.05, 0) is 23.4 Å². The van der Waals surface area contributed by atoms with Crippen molar-refractivity contribution in [2.75, 3.05) is 5.73 Å². The van der Waals surface area contributed by atoms with Crippen LogP contribution in [-0.2, 0) is 13.5 Å². The van der Waals surface area contributed by atoms with Gasteiger partial charge in [0.2, 0.25) is 0 Å². The molecule has 3 rings (SSSR count). The molecule has 0 atom stereocenters. The highest BCUT2D eigenvalue weighted by Crippen LogP contribution is 2.39. The summed E-state index contributed by atoms with van der Waals surface area (Å²) in [4.78, 5) is 1.16. The number of hydrogen-bond acceptors (Lipinski definition) is 3. The van der Waals surface area contributed by atoms with Gasteiger partial charge < -0.3 is 5.73 Å². The molecular formula is C16H17N3S. The number of nitrogens with two attached hydrogens (primary N) is 1. The van der Waals surface area contributed by atoms with E-state index in [4.69, 9.17) is 5.73 Å². The summed E-state index contributed by atoms with van der Waals surface area (Å²) < 4.78 is 1.76. The zero-order valence-corrected chi connectivity index (χ0v) is 12.4. The van der Waals surface area contributed by atoms with Gasteiger partial charge in [0.05, 0.1) is 5.56 Å². The van der Waals surface area contributed by atoms with Gasteiger partial charge in [-0.1, -0.05) is 37.3 Å².